The quantitative estimate of drug-likeness (QED) is 0.532. The van der Waals surface area contributed by atoms with E-state index in [1.165, 1.54) is 5.39 Å². The Morgan fingerprint density at radius 2 is 2.00 bits per heavy atom. The number of H-pyrrole nitrogens is 1. The number of benzene rings is 1. The van der Waals surface area contributed by atoms with Gasteiger partial charge in [0.2, 0.25) is 0 Å². The average molecular weight is 298 g/mol. The summed E-state index contributed by atoms with van der Waals surface area (Å²) < 4.78 is 1.05. The molecule has 4 heteroatoms. The molecule has 0 radical (unpaired) electrons. The molecule has 0 aliphatic heterocycles. The fourth-order valence-electron chi connectivity index (χ4n) is 2.43. The summed E-state index contributed by atoms with van der Waals surface area (Å²) in [6, 6.07) is 8.10. The number of rotatable bonds is 0. The summed E-state index contributed by atoms with van der Waals surface area (Å²) in [4.78, 5) is 12.1. The van der Waals surface area contributed by atoms with Crippen molar-refractivity contribution in [1.29, 1.82) is 0 Å². The largest absolute Gasteiger partial charge is 0.353 e. The molecule has 4 aromatic rings. The maximum Gasteiger partial charge on any atom is 0.0963 e. The fourth-order valence-corrected chi connectivity index (χ4v) is 2.97. The number of aromatic amines is 1. The molecule has 0 bridgehead atoms. The fraction of sp³-hybridized carbons (Fsp3) is 0. The summed E-state index contributed by atoms with van der Waals surface area (Å²) >= 11 is 3.59. The Balaban J connectivity index is 2.39. The molecule has 3 aromatic heterocycles. The lowest BCUT2D eigenvalue weighted by molar-refractivity contribution is 1.36. The van der Waals surface area contributed by atoms with E-state index in [-0.39, 0.29) is 0 Å². The van der Waals surface area contributed by atoms with E-state index in [1.807, 2.05) is 36.8 Å². The number of hydrogen-bond donors (Lipinski definition) is 1. The summed E-state index contributed by atoms with van der Waals surface area (Å²) in [5.74, 6) is 0. The smallest absolute Gasteiger partial charge is 0.0963 e. The molecule has 1 N–H and O–H groups in total. The number of nitrogens with zero attached hydrogens (tertiary/aromatic N) is 2. The number of aromatic nitrogens is 3. The molecule has 0 amide bonds. The third-order valence-electron chi connectivity index (χ3n) is 3.20. The lowest BCUT2D eigenvalue weighted by Crippen LogP contribution is -1.80. The molecule has 86 valence electrons. The maximum absolute atomic E-state index is 4.48. The van der Waals surface area contributed by atoms with Crippen LogP contribution >= 0.6 is 15.9 Å². The van der Waals surface area contributed by atoms with E-state index in [0.717, 1.165) is 31.8 Å². The molecule has 0 unspecified atom stereocenters. The molecule has 18 heavy (non-hydrogen) atoms. The minimum Gasteiger partial charge on any atom is -0.353 e. The van der Waals surface area contributed by atoms with Crippen molar-refractivity contribution >= 4 is 48.6 Å². The highest BCUT2D eigenvalue weighted by Crippen LogP contribution is 2.34. The van der Waals surface area contributed by atoms with Crippen molar-refractivity contribution in [3.05, 3.63) is 47.3 Å². The Morgan fingerprint density at radius 1 is 1.06 bits per heavy atom. The second-order valence-electron chi connectivity index (χ2n) is 4.23. The van der Waals surface area contributed by atoms with Crippen molar-refractivity contribution in [2.24, 2.45) is 0 Å². The number of pyridine rings is 2. The Morgan fingerprint density at radius 3 is 2.94 bits per heavy atom. The third kappa shape index (κ3) is 1.24. The van der Waals surface area contributed by atoms with E-state index in [1.54, 1.807) is 0 Å². The summed E-state index contributed by atoms with van der Waals surface area (Å²) in [6.07, 6.45) is 5.52. The topological polar surface area (TPSA) is 41.6 Å². The normalized spacial score (nSPS) is 11.6. The zero-order valence-corrected chi connectivity index (χ0v) is 10.9. The van der Waals surface area contributed by atoms with Crippen LogP contribution in [0, 0.1) is 0 Å². The minimum atomic E-state index is 1.01. The van der Waals surface area contributed by atoms with E-state index < -0.39 is 0 Å². The van der Waals surface area contributed by atoms with E-state index >= 15 is 0 Å². The standard InChI is InChI=1S/C14H8BrN3/c15-10-6-12-13(8-3-5-16-7-9(8)10)14-11(18-12)2-1-4-17-14/h1-7,18H. The van der Waals surface area contributed by atoms with Crippen LogP contribution in [0.3, 0.4) is 0 Å². The van der Waals surface area contributed by atoms with Gasteiger partial charge in [-0.2, -0.15) is 0 Å². The first-order valence-corrected chi connectivity index (χ1v) is 6.42. The summed E-state index contributed by atoms with van der Waals surface area (Å²) in [5, 5.41) is 3.43. The Labute approximate surface area is 111 Å². The van der Waals surface area contributed by atoms with Gasteiger partial charge in [-0.15, -0.1) is 0 Å². The molecule has 0 fully saturated rings. The van der Waals surface area contributed by atoms with Gasteiger partial charge in [-0.1, -0.05) is 15.9 Å². The molecular formula is C14H8BrN3. The van der Waals surface area contributed by atoms with Gasteiger partial charge < -0.3 is 4.98 Å². The molecule has 0 saturated carbocycles. The van der Waals surface area contributed by atoms with Gasteiger partial charge in [-0.25, -0.2) is 0 Å². The van der Waals surface area contributed by atoms with Crippen molar-refractivity contribution in [2.75, 3.05) is 0 Å². The molecule has 0 saturated heterocycles. The third-order valence-corrected chi connectivity index (χ3v) is 3.86. The van der Waals surface area contributed by atoms with Gasteiger partial charge in [-0.05, 0) is 29.7 Å². The van der Waals surface area contributed by atoms with E-state index in [9.17, 15) is 0 Å². The second-order valence-corrected chi connectivity index (χ2v) is 5.08. The lowest BCUT2D eigenvalue weighted by atomic mass is 10.1. The first-order chi connectivity index (χ1) is 8.84. The highest BCUT2D eigenvalue weighted by molar-refractivity contribution is 9.10. The predicted octanol–water partition coefficient (Wildman–Crippen LogP) is 4.03. The molecule has 4 rings (SSSR count). The number of hydrogen-bond acceptors (Lipinski definition) is 2. The molecule has 0 atom stereocenters. The van der Waals surface area contributed by atoms with Gasteiger partial charge in [0.15, 0.2) is 0 Å². The molecule has 0 aliphatic carbocycles. The van der Waals surface area contributed by atoms with Crippen molar-refractivity contribution in [3.63, 3.8) is 0 Å². The molecule has 1 aromatic carbocycles. The van der Waals surface area contributed by atoms with Gasteiger partial charge in [0.1, 0.15) is 0 Å². The zero-order chi connectivity index (χ0) is 12.1. The van der Waals surface area contributed by atoms with Gasteiger partial charge in [0.05, 0.1) is 11.0 Å². The highest BCUT2D eigenvalue weighted by atomic mass is 79.9. The van der Waals surface area contributed by atoms with Crippen LogP contribution in [-0.4, -0.2) is 15.0 Å². The van der Waals surface area contributed by atoms with Crippen LogP contribution in [0.1, 0.15) is 0 Å². The number of fused-ring (bicyclic) bond motifs is 5. The van der Waals surface area contributed by atoms with Crippen molar-refractivity contribution in [3.8, 4) is 0 Å². The van der Waals surface area contributed by atoms with E-state index in [4.69, 9.17) is 0 Å². The Bertz CT molecular complexity index is 895. The average Bonchev–Trinajstić information content (AvgIpc) is 2.77. The highest BCUT2D eigenvalue weighted by Gasteiger charge is 2.11. The van der Waals surface area contributed by atoms with Crippen LogP contribution in [0.2, 0.25) is 0 Å². The van der Waals surface area contributed by atoms with Gasteiger partial charge in [0.25, 0.3) is 0 Å². The zero-order valence-electron chi connectivity index (χ0n) is 9.31. The van der Waals surface area contributed by atoms with Gasteiger partial charge in [0, 0.05) is 39.4 Å². The molecule has 3 heterocycles. The van der Waals surface area contributed by atoms with Gasteiger partial charge in [-0.3, -0.25) is 9.97 Å². The van der Waals surface area contributed by atoms with Crippen molar-refractivity contribution in [2.45, 2.75) is 0 Å². The summed E-state index contributed by atoms with van der Waals surface area (Å²) in [6.45, 7) is 0. The first-order valence-electron chi connectivity index (χ1n) is 5.63. The van der Waals surface area contributed by atoms with Crippen LogP contribution in [0.25, 0.3) is 32.7 Å². The van der Waals surface area contributed by atoms with E-state index in [0.29, 0.717) is 0 Å². The Kier molecular flexibility index (Phi) is 1.96. The summed E-state index contributed by atoms with van der Waals surface area (Å²) in [5.41, 5.74) is 3.16. The number of nitrogens with one attached hydrogen (secondary N) is 1. The van der Waals surface area contributed by atoms with Gasteiger partial charge >= 0.3 is 0 Å². The minimum absolute atomic E-state index is 1.01. The first kappa shape index (κ1) is 10.0. The van der Waals surface area contributed by atoms with Crippen LogP contribution in [0.5, 0.6) is 0 Å². The lowest BCUT2D eigenvalue weighted by Gasteiger charge is -2.01. The molecule has 0 aliphatic rings. The SMILES string of the molecule is Brc1cc2[nH]c3cccnc3c2c2ccncc12. The molecular weight excluding hydrogens is 290 g/mol. The van der Waals surface area contributed by atoms with Crippen LogP contribution < -0.4 is 0 Å². The predicted molar refractivity (Wildman–Crippen MR) is 76.6 cm³/mol. The summed E-state index contributed by atoms with van der Waals surface area (Å²) in [7, 11) is 0. The monoisotopic (exact) mass is 297 g/mol. The second kappa shape index (κ2) is 3.53. The molecule has 3 nitrogen and oxygen atoms in total. The number of halogens is 1. The van der Waals surface area contributed by atoms with Crippen LogP contribution in [0.15, 0.2) is 47.3 Å². The van der Waals surface area contributed by atoms with E-state index in [2.05, 4.69) is 36.9 Å². The molecule has 0 spiro atoms. The maximum atomic E-state index is 4.48. The van der Waals surface area contributed by atoms with Crippen LogP contribution in [0.4, 0.5) is 0 Å². The Hall–Kier alpha value is -1.94. The van der Waals surface area contributed by atoms with Crippen molar-refractivity contribution in [1.82, 2.24) is 15.0 Å². The van der Waals surface area contributed by atoms with Crippen LogP contribution in [-0.2, 0) is 0 Å². The van der Waals surface area contributed by atoms with Crippen molar-refractivity contribution < 1.29 is 0 Å².